The highest BCUT2D eigenvalue weighted by atomic mass is 79.9. The number of thioether (sulfide) groups is 1. The molecule has 0 N–H and O–H groups in total. The third kappa shape index (κ3) is 3.42. The summed E-state index contributed by atoms with van der Waals surface area (Å²) in [6.45, 7) is 0. The third-order valence-electron chi connectivity index (χ3n) is 2.26. The van der Waals surface area contributed by atoms with Gasteiger partial charge in [0.2, 0.25) is 0 Å². The van der Waals surface area contributed by atoms with Gasteiger partial charge in [-0.25, -0.2) is 4.68 Å². The summed E-state index contributed by atoms with van der Waals surface area (Å²) in [5.74, 6) is -0.508. The number of alkyl halides is 3. The van der Waals surface area contributed by atoms with Crippen LogP contribution in [0.5, 0.6) is 5.75 Å². The first kappa shape index (κ1) is 15.1. The number of hydrogen-bond acceptors (Lipinski definition) is 5. The highest BCUT2D eigenvalue weighted by Crippen LogP contribution is 2.32. The van der Waals surface area contributed by atoms with Crippen LogP contribution in [0.3, 0.4) is 0 Å². The van der Waals surface area contributed by atoms with Crippen LogP contribution >= 0.6 is 27.7 Å². The van der Waals surface area contributed by atoms with Crippen molar-refractivity contribution in [3.05, 3.63) is 28.5 Å². The molecule has 0 unspecified atom stereocenters. The van der Waals surface area contributed by atoms with Crippen LogP contribution < -0.4 is 4.74 Å². The zero-order valence-corrected chi connectivity index (χ0v) is 12.5. The zero-order chi connectivity index (χ0) is 14.8. The standard InChI is InChI=1S/C10H8BrF3N4OS/c1-19-8-3-2-6(4-7(8)11)20-5-18-9(10(12,13)14)15-16-17-18/h2-4H,5H2,1H3. The van der Waals surface area contributed by atoms with Gasteiger partial charge in [-0.1, -0.05) is 0 Å². The molecule has 2 rings (SSSR count). The topological polar surface area (TPSA) is 52.8 Å². The molecule has 0 aliphatic rings. The molecule has 20 heavy (non-hydrogen) atoms. The van der Waals surface area contributed by atoms with Crippen molar-refractivity contribution in [1.82, 2.24) is 20.2 Å². The maximum absolute atomic E-state index is 12.6. The van der Waals surface area contributed by atoms with Gasteiger partial charge in [-0.2, -0.15) is 13.2 Å². The van der Waals surface area contributed by atoms with Crippen molar-refractivity contribution < 1.29 is 17.9 Å². The van der Waals surface area contributed by atoms with E-state index < -0.39 is 12.0 Å². The van der Waals surface area contributed by atoms with Crippen LogP contribution in [0, 0.1) is 0 Å². The Hall–Kier alpha value is -1.29. The van der Waals surface area contributed by atoms with Gasteiger partial charge in [0.25, 0.3) is 5.82 Å². The van der Waals surface area contributed by atoms with Gasteiger partial charge < -0.3 is 4.74 Å². The molecule has 5 nitrogen and oxygen atoms in total. The average Bonchev–Trinajstić information content (AvgIpc) is 2.84. The number of halogens is 4. The lowest BCUT2D eigenvalue weighted by Crippen LogP contribution is -2.15. The van der Waals surface area contributed by atoms with E-state index in [1.807, 2.05) is 0 Å². The molecule has 1 heterocycles. The molecule has 2 aromatic rings. The second kappa shape index (κ2) is 6.00. The zero-order valence-electron chi connectivity index (χ0n) is 10.1. The van der Waals surface area contributed by atoms with Gasteiger partial charge in [-0.05, 0) is 44.6 Å². The summed E-state index contributed by atoms with van der Waals surface area (Å²) >= 11 is 4.48. The minimum Gasteiger partial charge on any atom is -0.496 e. The fourth-order valence-corrected chi connectivity index (χ4v) is 2.87. The summed E-state index contributed by atoms with van der Waals surface area (Å²) in [6, 6.07) is 5.21. The minimum atomic E-state index is -4.56. The van der Waals surface area contributed by atoms with E-state index in [4.69, 9.17) is 4.74 Å². The van der Waals surface area contributed by atoms with E-state index in [-0.39, 0.29) is 5.88 Å². The molecular formula is C10H8BrF3N4OS. The molecule has 0 aliphatic carbocycles. The second-order valence-corrected chi connectivity index (χ2v) is 5.44. The molecule has 0 aliphatic heterocycles. The Bertz CT molecular complexity index is 604. The van der Waals surface area contributed by atoms with Crippen LogP contribution in [-0.4, -0.2) is 27.3 Å². The fourth-order valence-electron chi connectivity index (χ4n) is 1.37. The maximum atomic E-state index is 12.6. The number of rotatable bonds is 4. The minimum absolute atomic E-state index is 0.0411. The van der Waals surface area contributed by atoms with Crippen molar-refractivity contribution >= 4 is 27.7 Å². The van der Waals surface area contributed by atoms with Gasteiger partial charge in [0.05, 0.1) is 17.5 Å². The van der Waals surface area contributed by atoms with E-state index in [0.29, 0.717) is 10.4 Å². The van der Waals surface area contributed by atoms with Gasteiger partial charge in [0, 0.05) is 4.90 Å². The summed E-state index contributed by atoms with van der Waals surface area (Å²) in [4.78, 5) is 0.765. The monoisotopic (exact) mass is 368 g/mol. The van der Waals surface area contributed by atoms with Crippen LogP contribution in [0.4, 0.5) is 13.2 Å². The number of methoxy groups -OCH3 is 1. The van der Waals surface area contributed by atoms with Crippen molar-refractivity contribution in [1.29, 1.82) is 0 Å². The van der Waals surface area contributed by atoms with Crippen molar-refractivity contribution in [3.8, 4) is 5.75 Å². The van der Waals surface area contributed by atoms with Gasteiger partial charge in [0.15, 0.2) is 0 Å². The molecule has 0 saturated heterocycles. The Labute approximate surface area is 124 Å². The number of hydrogen-bond donors (Lipinski definition) is 0. The van der Waals surface area contributed by atoms with E-state index in [1.54, 1.807) is 18.2 Å². The number of tetrazole rings is 1. The van der Waals surface area contributed by atoms with Crippen LogP contribution in [-0.2, 0) is 12.1 Å². The van der Waals surface area contributed by atoms with Gasteiger partial charge >= 0.3 is 6.18 Å². The van der Waals surface area contributed by atoms with E-state index >= 15 is 0 Å². The summed E-state index contributed by atoms with van der Waals surface area (Å²) < 4.78 is 44.2. The highest BCUT2D eigenvalue weighted by molar-refractivity contribution is 9.10. The maximum Gasteiger partial charge on any atom is 0.453 e. The SMILES string of the molecule is COc1ccc(SCn2nnnc2C(F)(F)F)cc1Br. The first-order valence-corrected chi connectivity index (χ1v) is 6.99. The van der Waals surface area contributed by atoms with Crippen molar-refractivity contribution in [3.63, 3.8) is 0 Å². The quantitative estimate of drug-likeness (QED) is 0.775. The first-order valence-electron chi connectivity index (χ1n) is 5.21. The van der Waals surface area contributed by atoms with E-state index in [2.05, 4.69) is 31.5 Å². The molecule has 0 saturated carbocycles. The summed E-state index contributed by atoms with van der Waals surface area (Å²) in [5, 5.41) is 9.36. The molecule has 108 valence electrons. The summed E-state index contributed by atoms with van der Waals surface area (Å²) in [7, 11) is 1.53. The molecule has 10 heteroatoms. The van der Waals surface area contributed by atoms with Crippen LogP contribution in [0.15, 0.2) is 27.6 Å². The molecule has 0 spiro atoms. The molecule has 1 aromatic heterocycles. The number of nitrogens with zero attached hydrogens (tertiary/aromatic N) is 4. The van der Waals surface area contributed by atoms with E-state index in [1.165, 1.54) is 18.9 Å². The molecule has 0 fully saturated rings. The summed E-state index contributed by atoms with van der Waals surface area (Å²) in [5.41, 5.74) is 0. The Balaban J connectivity index is 2.10. The molecule has 1 aromatic carbocycles. The van der Waals surface area contributed by atoms with Crippen LogP contribution in [0.25, 0.3) is 0 Å². The van der Waals surface area contributed by atoms with Crippen LogP contribution in [0.1, 0.15) is 5.82 Å². The van der Waals surface area contributed by atoms with Crippen LogP contribution in [0.2, 0.25) is 0 Å². The average molecular weight is 369 g/mol. The Morgan fingerprint density at radius 1 is 1.40 bits per heavy atom. The Morgan fingerprint density at radius 3 is 2.75 bits per heavy atom. The molecular weight excluding hydrogens is 361 g/mol. The lowest BCUT2D eigenvalue weighted by atomic mass is 10.3. The van der Waals surface area contributed by atoms with E-state index in [9.17, 15) is 13.2 Å². The lowest BCUT2D eigenvalue weighted by molar-refractivity contribution is -0.147. The normalized spacial score (nSPS) is 11.7. The van der Waals surface area contributed by atoms with Gasteiger partial charge in [-0.3, -0.25) is 0 Å². The summed E-state index contributed by atoms with van der Waals surface area (Å²) in [6.07, 6.45) is -4.56. The Morgan fingerprint density at radius 2 is 2.15 bits per heavy atom. The molecule has 0 radical (unpaired) electrons. The smallest absolute Gasteiger partial charge is 0.453 e. The molecule has 0 amide bonds. The number of ether oxygens (including phenoxy) is 1. The molecule has 0 atom stereocenters. The Kier molecular flexibility index (Phi) is 4.53. The lowest BCUT2D eigenvalue weighted by Gasteiger charge is -2.08. The largest absolute Gasteiger partial charge is 0.496 e. The van der Waals surface area contributed by atoms with Crippen molar-refractivity contribution in [2.24, 2.45) is 0 Å². The predicted molar refractivity (Wildman–Crippen MR) is 69.4 cm³/mol. The second-order valence-electron chi connectivity index (χ2n) is 3.57. The predicted octanol–water partition coefficient (Wildman–Crippen LogP) is 3.21. The van der Waals surface area contributed by atoms with Crippen molar-refractivity contribution in [2.75, 3.05) is 7.11 Å². The first-order chi connectivity index (χ1) is 9.41. The fraction of sp³-hybridized carbons (Fsp3) is 0.300. The van der Waals surface area contributed by atoms with Gasteiger partial charge in [0.1, 0.15) is 5.75 Å². The highest BCUT2D eigenvalue weighted by Gasteiger charge is 2.37. The van der Waals surface area contributed by atoms with Gasteiger partial charge in [-0.15, -0.1) is 16.9 Å². The number of benzene rings is 1. The third-order valence-corrected chi connectivity index (χ3v) is 3.84. The van der Waals surface area contributed by atoms with Crippen molar-refractivity contribution in [2.45, 2.75) is 16.9 Å². The molecule has 0 bridgehead atoms. The number of aromatic nitrogens is 4. The van der Waals surface area contributed by atoms with E-state index in [0.717, 1.165) is 9.37 Å².